The highest BCUT2D eigenvalue weighted by atomic mass is 32.2. The summed E-state index contributed by atoms with van der Waals surface area (Å²) in [6.45, 7) is 13.5. The van der Waals surface area contributed by atoms with Gasteiger partial charge in [-0.05, 0) is 53.5 Å². The molecule has 1 saturated carbocycles. The second-order valence-electron chi connectivity index (χ2n) is 11.3. The van der Waals surface area contributed by atoms with E-state index in [2.05, 4.69) is 64.0 Å². The molecule has 2 aromatic rings. The molecule has 2 N–H and O–H groups in total. The molecule has 1 aliphatic rings. The van der Waals surface area contributed by atoms with E-state index in [1.807, 2.05) is 23.9 Å². The molecule has 3 rings (SSSR count). The summed E-state index contributed by atoms with van der Waals surface area (Å²) >= 11 is 3.73. The Bertz CT molecular complexity index is 930. The Morgan fingerprint density at radius 1 is 1.00 bits per heavy atom. The Morgan fingerprint density at radius 2 is 1.56 bits per heavy atom. The highest BCUT2D eigenvalue weighted by Crippen LogP contribution is 2.45. The lowest BCUT2D eigenvalue weighted by molar-refractivity contribution is -0.118. The van der Waals surface area contributed by atoms with Crippen LogP contribution >= 0.6 is 23.5 Å². The third-order valence-electron chi connectivity index (χ3n) is 6.30. The average Bonchev–Trinajstić information content (AvgIpc) is 2.77. The van der Waals surface area contributed by atoms with E-state index < -0.39 is 0 Å². The van der Waals surface area contributed by atoms with Gasteiger partial charge >= 0.3 is 0 Å². The Balaban J connectivity index is 1.69. The summed E-state index contributed by atoms with van der Waals surface area (Å²) in [6, 6.07) is 8.23. The maximum Gasteiger partial charge on any atom is 0.230 e. The number of aromatic hydroxyl groups is 1. The topological polar surface area (TPSA) is 62.2 Å². The molecule has 6 heteroatoms. The van der Waals surface area contributed by atoms with Gasteiger partial charge in [0.2, 0.25) is 5.91 Å². The summed E-state index contributed by atoms with van der Waals surface area (Å²) in [4.78, 5) is 17.7. The van der Waals surface area contributed by atoms with Crippen molar-refractivity contribution in [3.63, 3.8) is 0 Å². The van der Waals surface area contributed by atoms with Gasteiger partial charge in [-0.2, -0.15) is 0 Å². The molecule has 1 aliphatic carbocycles. The van der Waals surface area contributed by atoms with Crippen molar-refractivity contribution >= 4 is 29.4 Å². The quantitative estimate of drug-likeness (QED) is 0.436. The lowest BCUT2D eigenvalue weighted by atomic mass is 9.79. The number of hydrogen-bond donors (Lipinski definition) is 2. The molecule has 1 aromatic carbocycles. The molecule has 2 atom stereocenters. The number of rotatable bonds is 7. The number of phenolic OH excluding ortho intramolecular Hbond substituents is 1. The number of carbonyl (C=O) groups is 1. The van der Waals surface area contributed by atoms with Crippen LogP contribution in [0.25, 0.3) is 0 Å². The first-order valence-corrected chi connectivity index (χ1v) is 14.2. The number of aromatic nitrogens is 1. The molecule has 1 heterocycles. The summed E-state index contributed by atoms with van der Waals surface area (Å²) < 4.78 is 0. The van der Waals surface area contributed by atoms with Crippen LogP contribution in [0.3, 0.4) is 0 Å². The van der Waals surface area contributed by atoms with Crippen molar-refractivity contribution in [2.45, 2.75) is 100.0 Å². The molecule has 0 bridgehead atoms. The SMILES string of the molecule is CC(C)(C)c1cc(S[C@@H]2CCCC[C@H]2SCC(=O)NCc2ccncc2)cc(C(C)(C)C)c1O. The van der Waals surface area contributed by atoms with E-state index in [4.69, 9.17) is 0 Å². The highest BCUT2D eigenvalue weighted by molar-refractivity contribution is 8.04. The van der Waals surface area contributed by atoms with Gasteiger partial charge in [0.25, 0.3) is 0 Å². The molecular formula is C28H40N2O2S2. The summed E-state index contributed by atoms with van der Waals surface area (Å²) in [5.41, 5.74) is 2.83. The highest BCUT2D eigenvalue weighted by Gasteiger charge is 2.30. The van der Waals surface area contributed by atoms with Crippen LogP contribution < -0.4 is 5.32 Å². The maximum atomic E-state index is 12.5. The molecule has 4 nitrogen and oxygen atoms in total. The minimum absolute atomic E-state index is 0.0887. The van der Waals surface area contributed by atoms with Crippen molar-refractivity contribution in [2.24, 2.45) is 0 Å². The number of nitrogens with one attached hydrogen (secondary N) is 1. The number of amides is 1. The third kappa shape index (κ3) is 7.42. The first-order chi connectivity index (χ1) is 15.9. The number of hydrogen-bond acceptors (Lipinski definition) is 5. The fourth-order valence-electron chi connectivity index (χ4n) is 4.32. The molecule has 0 saturated heterocycles. The van der Waals surface area contributed by atoms with E-state index in [9.17, 15) is 9.90 Å². The van der Waals surface area contributed by atoms with Crippen LogP contribution in [0, 0.1) is 0 Å². The second-order valence-corrected chi connectivity index (χ2v) is 13.8. The zero-order valence-corrected chi connectivity index (χ0v) is 23.1. The molecule has 1 fully saturated rings. The van der Waals surface area contributed by atoms with Gasteiger partial charge in [0, 0.05) is 45.5 Å². The van der Waals surface area contributed by atoms with E-state index >= 15 is 0 Å². The fraction of sp³-hybridized carbons (Fsp3) is 0.571. The molecule has 34 heavy (non-hydrogen) atoms. The van der Waals surface area contributed by atoms with Crippen LogP contribution in [0.15, 0.2) is 41.6 Å². The largest absolute Gasteiger partial charge is 0.507 e. The lowest BCUT2D eigenvalue weighted by Gasteiger charge is -2.32. The van der Waals surface area contributed by atoms with Gasteiger partial charge in [-0.25, -0.2) is 0 Å². The average molecular weight is 501 g/mol. The van der Waals surface area contributed by atoms with Gasteiger partial charge < -0.3 is 10.4 Å². The zero-order valence-electron chi connectivity index (χ0n) is 21.5. The number of carbonyl (C=O) groups excluding carboxylic acids is 1. The van der Waals surface area contributed by atoms with Gasteiger partial charge in [-0.15, -0.1) is 23.5 Å². The zero-order chi connectivity index (χ0) is 24.9. The standard InChI is InChI=1S/C28H40N2O2S2/c1-27(2,3)21-15-20(16-22(26(21)32)28(4,5)6)34-24-10-8-7-9-23(24)33-18-25(31)30-17-19-11-13-29-14-12-19/h11-16,23-24,32H,7-10,17-18H2,1-6H3,(H,30,31)/t23-,24-/m1/s1. The van der Waals surface area contributed by atoms with Crippen LogP contribution in [0.2, 0.25) is 0 Å². The first-order valence-electron chi connectivity index (χ1n) is 12.3. The van der Waals surface area contributed by atoms with Crippen LogP contribution in [0.1, 0.15) is 83.9 Å². The van der Waals surface area contributed by atoms with Crippen LogP contribution in [-0.2, 0) is 22.2 Å². The number of phenols is 1. The molecular weight excluding hydrogens is 460 g/mol. The molecule has 0 radical (unpaired) electrons. The van der Waals surface area contributed by atoms with Crippen molar-refractivity contribution in [1.29, 1.82) is 0 Å². The van der Waals surface area contributed by atoms with E-state index in [-0.39, 0.29) is 16.7 Å². The first kappa shape index (κ1) is 26.9. The van der Waals surface area contributed by atoms with E-state index in [1.54, 1.807) is 24.2 Å². The summed E-state index contributed by atoms with van der Waals surface area (Å²) in [6.07, 6.45) is 8.27. The minimum atomic E-state index is -0.131. The van der Waals surface area contributed by atoms with Gasteiger partial charge in [0.05, 0.1) is 5.75 Å². The van der Waals surface area contributed by atoms with Gasteiger partial charge in [0.15, 0.2) is 0 Å². The van der Waals surface area contributed by atoms with E-state index in [1.165, 1.54) is 17.7 Å². The smallest absolute Gasteiger partial charge is 0.230 e. The predicted molar refractivity (Wildman–Crippen MR) is 146 cm³/mol. The minimum Gasteiger partial charge on any atom is -0.507 e. The Labute approximate surface area is 214 Å². The monoisotopic (exact) mass is 500 g/mol. The number of benzene rings is 1. The van der Waals surface area contributed by atoms with Crippen molar-refractivity contribution in [3.05, 3.63) is 53.3 Å². The summed E-state index contributed by atoms with van der Waals surface area (Å²) in [5.74, 6) is 1.01. The lowest BCUT2D eigenvalue weighted by Crippen LogP contribution is -2.29. The van der Waals surface area contributed by atoms with Gasteiger partial charge in [-0.1, -0.05) is 54.4 Å². The van der Waals surface area contributed by atoms with Gasteiger partial charge in [-0.3, -0.25) is 9.78 Å². The molecule has 186 valence electrons. The predicted octanol–water partition coefficient (Wildman–Crippen LogP) is 6.84. The fourth-order valence-corrected chi connectivity index (χ4v) is 7.17. The van der Waals surface area contributed by atoms with Crippen molar-refractivity contribution in [3.8, 4) is 5.75 Å². The van der Waals surface area contributed by atoms with Crippen molar-refractivity contribution in [2.75, 3.05) is 5.75 Å². The van der Waals surface area contributed by atoms with Gasteiger partial charge in [0.1, 0.15) is 5.75 Å². The van der Waals surface area contributed by atoms with E-state index in [0.29, 0.717) is 28.5 Å². The number of thioether (sulfide) groups is 2. The molecule has 0 aliphatic heterocycles. The van der Waals surface area contributed by atoms with Crippen LogP contribution in [0.4, 0.5) is 0 Å². The molecule has 1 aromatic heterocycles. The Kier molecular flexibility index (Phi) is 9.02. The Morgan fingerprint density at radius 3 is 2.12 bits per heavy atom. The van der Waals surface area contributed by atoms with Crippen LogP contribution in [-0.4, -0.2) is 32.3 Å². The van der Waals surface area contributed by atoms with Crippen molar-refractivity contribution < 1.29 is 9.90 Å². The molecule has 0 spiro atoms. The summed E-state index contributed by atoms with van der Waals surface area (Å²) in [5, 5.41) is 15.0. The molecule has 0 unspecified atom stereocenters. The summed E-state index contributed by atoms with van der Waals surface area (Å²) in [7, 11) is 0. The van der Waals surface area contributed by atoms with E-state index in [0.717, 1.165) is 29.5 Å². The number of pyridine rings is 1. The Hall–Kier alpha value is -1.66. The number of nitrogens with zero attached hydrogens (tertiary/aromatic N) is 1. The maximum absolute atomic E-state index is 12.5. The van der Waals surface area contributed by atoms with Crippen molar-refractivity contribution in [1.82, 2.24) is 10.3 Å². The molecule has 1 amide bonds. The van der Waals surface area contributed by atoms with Crippen LogP contribution in [0.5, 0.6) is 5.75 Å². The second kappa shape index (κ2) is 11.4. The normalized spacial score (nSPS) is 19.1. The third-order valence-corrected chi connectivity index (χ3v) is 9.26.